The number of hydrogen-bond donors (Lipinski definition) is 3. The van der Waals surface area contributed by atoms with E-state index in [1.807, 2.05) is 18.4 Å². The Balaban J connectivity index is 2.21. The van der Waals surface area contributed by atoms with Crippen molar-refractivity contribution in [3.63, 3.8) is 0 Å². The molecule has 0 aliphatic rings. The molecular weight excluding hydrogens is 457 g/mol. The minimum absolute atomic E-state index is 0.00223. The van der Waals surface area contributed by atoms with Crippen molar-refractivity contribution >= 4 is 42.1 Å². The third-order valence-electron chi connectivity index (χ3n) is 4.38. The zero-order chi connectivity index (χ0) is 23.5. The van der Waals surface area contributed by atoms with Gasteiger partial charge in [0.1, 0.15) is 6.10 Å². The number of phenolic OH excluding ortho intramolecular Hbond substituents is 1. The van der Waals surface area contributed by atoms with E-state index in [2.05, 4.69) is 17.9 Å². The van der Waals surface area contributed by atoms with Crippen molar-refractivity contribution in [3.05, 3.63) is 53.8 Å². The summed E-state index contributed by atoms with van der Waals surface area (Å²) in [4.78, 5) is 25.0. The van der Waals surface area contributed by atoms with Gasteiger partial charge in [-0.15, -0.1) is 11.8 Å². The lowest BCUT2D eigenvalue weighted by atomic mass is 10.0. The molecule has 10 heteroatoms. The number of carbonyl (C=O) groups excluding carboxylic acids is 2. The van der Waals surface area contributed by atoms with Gasteiger partial charge in [0, 0.05) is 23.6 Å². The normalized spacial score (nSPS) is 12.6. The molecule has 2 N–H and O–H groups in total. The summed E-state index contributed by atoms with van der Waals surface area (Å²) in [5.41, 5.74) is 0.811. The minimum Gasteiger partial charge on any atom is -0.505 e. The van der Waals surface area contributed by atoms with Crippen LogP contribution in [0.4, 0.5) is 14.9 Å². The molecule has 0 saturated carbocycles. The zero-order valence-corrected chi connectivity index (χ0v) is 19.5. The topological polar surface area (TPSA) is 94.1 Å². The molecule has 0 aliphatic carbocycles. The number of amides is 1. The number of esters is 1. The van der Waals surface area contributed by atoms with E-state index in [1.165, 1.54) is 12.1 Å². The summed E-state index contributed by atoms with van der Waals surface area (Å²) < 4.78 is 30.4. The molecule has 0 aliphatic heterocycles. The van der Waals surface area contributed by atoms with E-state index in [4.69, 9.17) is 14.2 Å². The summed E-state index contributed by atoms with van der Waals surface area (Å²) in [6.07, 6.45) is -0.390. The Morgan fingerprint density at radius 2 is 1.94 bits per heavy atom. The van der Waals surface area contributed by atoms with Gasteiger partial charge >= 0.3 is 12.1 Å². The molecule has 0 radical (unpaired) electrons. The van der Waals surface area contributed by atoms with Crippen LogP contribution in [0.2, 0.25) is 0 Å². The third-order valence-corrected chi connectivity index (χ3v) is 5.39. The summed E-state index contributed by atoms with van der Waals surface area (Å²) in [5, 5.41) is 12.2. The Morgan fingerprint density at radius 1 is 1.22 bits per heavy atom. The van der Waals surface area contributed by atoms with Crippen molar-refractivity contribution in [3.8, 4) is 5.75 Å². The second kappa shape index (κ2) is 13.2. The SMILES string of the molecule is CCO[C@@H](CCOC(=O)CS)[C@@H](OC(=O)Nc1ccc(SC)cc1)c1ccc(O)c(F)c1. The first-order valence-corrected chi connectivity index (χ1v) is 11.7. The Morgan fingerprint density at radius 3 is 2.53 bits per heavy atom. The number of rotatable bonds is 11. The number of nitrogens with one attached hydrogen (secondary N) is 1. The molecular formula is C22H26FNO6S2. The number of halogens is 1. The highest BCUT2D eigenvalue weighted by atomic mass is 32.2. The Kier molecular flexibility index (Phi) is 10.6. The van der Waals surface area contributed by atoms with Crippen LogP contribution in [0, 0.1) is 5.82 Å². The van der Waals surface area contributed by atoms with E-state index in [1.54, 1.807) is 30.8 Å². The number of thiol groups is 1. The number of hydrogen-bond acceptors (Lipinski definition) is 8. The second-order valence-corrected chi connectivity index (χ2v) is 7.75. The zero-order valence-electron chi connectivity index (χ0n) is 17.7. The van der Waals surface area contributed by atoms with Gasteiger partial charge in [0.25, 0.3) is 0 Å². The molecule has 7 nitrogen and oxygen atoms in total. The maximum atomic E-state index is 14.0. The van der Waals surface area contributed by atoms with Crippen molar-refractivity contribution in [1.82, 2.24) is 0 Å². The fraction of sp³-hybridized carbons (Fsp3) is 0.364. The molecule has 0 heterocycles. The summed E-state index contributed by atoms with van der Waals surface area (Å²) in [6.45, 7) is 2.04. The van der Waals surface area contributed by atoms with Gasteiger partial charge in [-0.05, 0) is 55.1 Å². The van der Waals surface area contributed by atoms with Gasteiger partial charge in [0.2, 0.25) is 0 Å². The van der Waals surface area contributed by atoms with Gasteiger partial charge in [-0.1, -0.05) is 6.07 Å². The molecule has 0 unspecified atom stereocenters. The van der Waals surface area contributed by atoms with Gasteiger partial charge in [-0.25, -0.2) is 9.18 Å². The Labute approximate surface area is 196 Å². The second-order valence-electron chi connectivity index (χ2n) is 6.55. The van der Waals surface area contributed by atoms with Crippen LogP contribution >= 0.6 is 24.4 Å². The van der Waals surface area contributed by atoms with Crippen LogP contribution in [0.5, 0.6) is 5.75 Å². The fourth-order valence-corrected chi connectivity index (χ4v) is 3.37. The molecule has 174 valence electrons. The lowest BCUT2D eigenvalue weighted by Crippen LogP contribution is -2.30. The molecule has 32 heavy (non-hydrogen) atoms. The highest BCUT2D eigenvalue weighted by molar-refractivity contribution is 7.98. The molecule has 2 rings (SSSR count). The van der Waals surface area contributed by atoms with Gasteiger partial charge < -0.3 is 19.3 Å². The number of ether oxygens (including phenoxy) is 3. The molecule has 2 atom stereocenters. The molecule has 0 bridgehead atoms. The molecule has 2 aromatic rings. The predicted molar refractivity (Wildman–Crippen MR) is 124 cm³/mol. The van der Waals surface area contributed by atoms with Gasteiger partial charge in [-0.3, -0.25) is 10.1 Å². The highest BCUT2D eigenvalue weighted by Gasteiger charge is 2.29. The number of thioether (sulfide) groups is 1. The Hall–Kier alpha value is -2.43. The Bertz CT molecular complexity index is 896. The quantitative estimate of drug-likeness (QED) is 0.240. The van der Waals surface area contributed by atoms with Crippen LogP contribution in [-0.4, -0.2) is 48.5 Å². The number of anilines is 1. The maximum Gasteiger partial charge on any atom is 0.412 e. The van der Waals surface area contributed by atoms with E-state index < -0.39 is 35.8 Å². The third kappa shape index (κ3) is 7.92. The average molecular weight is 484 g/mol. The fourth-order valence-electron chi connectivity index (χ4n) is 2.87. The average Bonchev–Trinajstić information content (AvgIpc) is 2.79. The first kappa shape index (κ1) is 25.8. The highest BCUT2D eigenvalue weighted by Crippen LogP contribution is 2.30. The summed E-state index contributed by atoms with van der Waals surface area (Å²) in [6, 6.07) is 10.9. The molecule has 0 saturated heterocycles. The van der Waals surface area contributed by atoms with Crippen LogP contribution in [0.3, 0.4) is 0 Å². The largest absolute Gasteiger partial charge is 0.505 e. The number of carbonyl (C=O) groups is 2. The van der Waals surface area contributed by atoms with Crippen molar-refractivity contribution in [2.24, 2.45) is 0 Å². The predicted octanol–water partition coefficient (Wildman–Crippen LogP) is 4.81. The summed E-state index contributed by atoms with van der Waals surface area (Å²) >= 11 is 5.43. The van der Waals surface area contributed by atoms with Crippen LogP contribution in [0.25, 0.3) is 0 Å². The maximum absolute atomic E-state index is 14.0. The first-order valence-electron chi connectivity index (χ1n) is 9.86. The summed E-state index contributed by atoms with van der Waals surface area (Å²) in [7, 11) is 0. The van der Waals surface area contributed by atoms with Crippen molar-refractivity contribution in [2.45, 2.75) is 30.4 Å². The van der Waals surface area contributed by atoms with Crippen molar-refractivity contribution in [1.29, 1.82) is 0 Å². The lowest BCUT2D eigenvalue weighted by molar-refractivity contribution is -0.142. The minimum atomic E-state index is -1.02. The molecule has 0 spiro atoms. The lowest BCUT2D eigenvalue weighted by Gasteiger charge is -2.27. The van der Waals surface area contributed by atoms with Crippen LogP contribution in [0.15, 0.2) is 47.4 Å². The van der Waals surface area contributed by atoms with Crippen LogP contribution in [0.1, 0.15) is 25.0 Å². The van der Waals surface area contributed by atoms with E-state index in [0.29, 0.717) is 5.69 Å². The standard InChI is InChI=1S/C22H26FNO6S2/c1-3-28-19(10-11-29-20(26)13-31)21(14-4-9-18(25)17(23)12-14)30-22(27)24-15-5-7-16(32-2)8-6-15/h4-9,12,19,21,25,31H,3,10-11,13H2,1-2H3,(H,24,27)/t19-,21-/m0/s1. The summed E-state index contributed by atoms with van der Waals surface area (Å²) in [5.74, 6) is -1.95. The van der Waals surface area contributed by atoms with Crippen LogP contribution in [-0.2, 0) is 19.0 Å². The van der Waals surface area contributed by atoms with Gasteiger partial charge in [0.15, 0.2) is 17.7 Å². The number of aromatic hydroxyl groups is 1. The van der Waals surface area contributed by atoms with E-state index >= 15 is 0 Å². The molecule has 2 aromatic carbocycles. The van der Waals surface area contributed by atoms with E-state index in [9.17, 15) is 19.1 Å². The monoisotopic (exact) mass is 483 g/mol. The number of phenols is 1. The van der Waals surface area contributed by atoms with E-state index in [-0.39, 0.29) is 31.0 Å². The van der Waals surface area contributed by atoms with E-state index in [0.717, 1.165) is 11.0 Å². The molecule has 0 fully saturated rings. The van der Waals surface area contributed by atoms with Gasteiger partial charge in [-0.2, -0.15) is 12.6 Å². The van der Waals surface area contributed by atoms with Gasteiger partial charge in [0.05, 0.1) is 12.4 Å². The van der Waals surface area contributed by atoms with Crippen LogP contribution < -0.4 is 5.32 Å². The first-order chi connectivity index (χ1) is 15.4. The molecule has 1 amide bonds. The van der Waals surface area contributed by atoms with Crippen molar-refractivity contribution < 1.29 is 33.3 Å². The smallest absolute Gasteiger partial charge is 0.412 e. The number of benzene rings is 2. The molecule has 0 aromatic heterocycles. The van der Waals surface area contributed by atoms with Crippen molar-refractivity contribution in [2.75, 3.05) is 30.5 Å².